The molecule has 0 aliphatic carbocycles. The summed E-state index contributed by atoms with van der Waals surface area (Å²) in [5, 5.41) is 0. The van der Waals surface area contributed by atoms with Crippen LogP contribution >= 0.6 is 0 Å². The molecule has 1 heterocycles. The molecule has 108 valence electrons. The molecule has 0 amide bonds. The summed E-state index contributed by atoms with van der Waals surface area (Å²) in [5.74, 6) is 0.808. The number of nitrogens with zero attached hydrogens (tertiary/aromatic N) is 2. The van der Waals surface area contributed by atoms with E-state index >= 15 is 0 Å². The van der Waals surface area contributed by atoms with Gasteiger partial charge in [0.25, 0.3) is 5.56 Å². The van der Waals surface area contributed by atoms with E-state index in [4.69, 9.17) is 4.74 Å². The van der Waals surface area contributed by atoms with Crippen LogP contribution in [0.4, 0.5) is 0 Å². The second-order valence-corrected chi connectivity index (χ2v) is 4.27. The number of benzene rings is 1. The highest BCUT2D eigenvalue weighted by Gasteiger charge is 2.11. The van der Waals surface area contributed by atoms with E-state index in [0.717, 1.165) is 28.3 Å². The van der Waals surface area contributed by atoms with E-state index in [1.807, 2.05) is 45.9 Å². The first-order valence-electron chi connectivity index (χ1n) is 6.72. The smallest absolute Gasteiger partial charge is 0.269 e. The van der Waals surface area contributed by atoms with Gasteiger partial charge in [0.1, 0.15) is 5.75 Å². The lowest BCUT2D eigenvalue weighted by Crippen LogP contribution is -2.19. The van der Waals surface area contributed by atoms with Crippen molar-refractivity contribution in [2.24, 2.45) is 7.05 Å². The number of hydrogen-bond acceptors (Lipinski definition) is 3. The lowest BCUT2D eigenvalue weighted by atomic mass is 10.0. The van der Waals surface area contributed by atoms with Crippen LogP contribution in [0.1, 0.15) is 25.1 Å². The van der Waals surface area contributed by atoms with Crippen molar-refractivity contribution in [3.05, 3.63) is 46.0 Å². The van der Waals surface area contributed by atoms with Crippen molar-refractivity contribution in [3.63, 3.8) is 0 Å². The van der Waals surface area contributed by atoms with Crippen LogP contribution in [0.2, 0.25) is 0 Å². The van der Waals surface area contributed by atoms with Gasteiger partial charge in [-0.25, -0.2) is 0 Å². The number of methoxy groups -OCH3 is 1. The molecule has 4 nitrogen and oxygen atoms in total. The van der Waals surface area contributed by atoms with Gasteiger partial charge in [0, 0.05) is 12.6 Å². The molecule has 4 heteroatoms. The van der Waals surface area contributed by atoms with Gasteiger partial charge in [-0.05, 0) is 37.6 Å². The summed E-state index contributed by atoms with van der Waals surface area (Å²) in [5.41, 5.74) is 3.64. The molecule has 0 aliphatic heterocycles. The Balaban J connectivity index is 0.000000956. The molecule has 0 aliphatic rings. The van der Waals surface area contributed by atoms with Crippen molar-refractivity contribution < 1.29 is 4.74 Å². The zero-order chi connectivity index (χ0) is 15.3. The first-order chi connectivity index (χ1) is 9.54. The van der Waals surface area contributed by atoms with Crippen molar-refractivity contribution in [2.45, 2.75) is 27.7 Å². The Bertz CT molecular complexity index is 645. The van der Waals surface area contributed by atoms with Crippen LogP contribution in [0, 0.1) is 13.8 Å². The highest BCUT2D eigenvalue weighted by Crippen LogP contribution is 2.27. The Labute approximate surface area is 120 Å². The fourth-order valence-corrected chi connectivity index (χ4v) is 2.06. The van der Waals surface area contributed by atoms with E-state index in [1.54, 1.807) is 18.7 Å². The van der Waals surface area contributed by atoms with E-state index in [2.05, 4.69) is 4.98 Å². The normalized spacial score (nSPS) is 9.70. The second-order valence-electron chi connectivity index (χ2n) is 4.27. The minimum absolute atomic E-state index is 0.106. The Kier molecular flexibility index (Phi) is 5.50. The lowest BCUT2D eigenvalue weighted by molar-refractivity contribution is 0.414. The molecule has 0 bridgehead atoms. The molecule has 0 radical (unpaired) electrons. The third kappa shape index (κ3) is 3.07. The molecule has 0 spiro atoms. The summed E-state index contributed by atoms with van der Waals surface area (Å²) in [6.07, 6.45) is 1.34. The zero-order valence-electron chi connectivity index (χ0n) is 13.0. The topological polar surface area (TPSA) is 44.1 Å². The predicted octanol–water partition coefficient (Wildman–Crippen LogP) is 3.10. The quantitative estimate of drug-likeness (QED) is 0.845. The van der Waals surface area contributed by atoms with Gasteiger partial charge in [0.05, 0.1) is 24.7 Å². The van der Waals surface area contributed by atoms with Crippen molar-refractivity contribution in [3.8, 4) is 17.0 Å². The van der Waals surface area contributed by atoms with Crippen molar-refractivity contribution in [1.29, 1.82) is 0 Å². The summed E-state index contributed by atoms with van der Waals surface area (Å²) in [6, 6.07) is 5.79. The maximum absolute atomic E-state index is 11.7. The van der Waals surface area contributed by atoms with Gasteiger partial charge in [0.2, 0.25) is 0 Å². The fourth-order valence-electron chi connectivity index (χ4n) is 2.06. The third-order valence-electron chi connectivity index (χ3n) is 3.07. The molecule has 1 aromatic carbocycles. The molecule has 0 atom stereocenters. The zero-order valence-corrected chi connectivity index (χ0v) is 13.0. The van der Waals surface area contributed by atoms with Gasteiger partial charge in [-0.1, -0.05) is 13.8 Å². The molecular weight excluding hydrogens is 252 g/mol. The Morgan fingerprint density at radius 3 is 2.40 bits per heavy atom. The molecule has 0 fully saturated rings. The summed E-state index contributed by atoms with van der Waals surface area (Å²) in [6.45, 7) is 7.90. The number of rotatable bonds is 2. The van der Waals surface area contributed by atoms with E-state index < -0.39 is 0 Å². The molecule has 0 N–H and O–H groups in total. The average molecular weight is 274 g/mol. The molecule has 0 unspecified atom stereocenters. The summed E-state index contributed by atoms with van der Waals surface area (Å²) in [4.78, 5) is 15.8. The van der Waals surface area contributed by atoms with Crippen LogP contribution in [0.15, 0.2) is 29.2 Å². The molecule has 0 saturated carbocycles. The highest BCUT2D eigenvalue weighted by molar-refractivity contribution is 5.66. The number of aromatic nitrogens is 2. The maximum atomic E-state index is 11.7. The Morgan fingerprint density at radius 2 is 1.85 bits per heavy atom. The number of hydrogen-bond donors (Lipinski definition) is 0. The molecule has 2 rings (SSSR count). The molecule has 20 heavy (non-hydrogen) atoms. The monoisotopic (exact) mass is 274 g/mol. The van der Waals surface area contributed by atoms with Gasteiger partial charge >= 0.3 is 0 Å². The third-order valence-corrected chi connectivity index (χ3v) is 3.07. The van der Waals surface area contributed by atoms with Crippen LogP contribution in [-0.4, -0.2) is 16.7 Å². The van der Waals surface area contributed by atoms with Gasteiger partial charge in [-0.3, -0.25) is 9.78 Å². The summed E-state index contributed by atoms with van der Waals surface area (Å²) < 4.78 is 6.81. The van der Waals surface area contributed by atoms with Crippen molar-refractivity contribution in [2.75, 3.05) is 7.11 Å². The molecule has 2 aromatic rings. The maximum Gasteiger partial charge on any atom is 0.269 e. The van der Waals surface area contributed by atoms with Gasteiger partial charge in [-0.2, -0.15) is 0 Å². The van der Waals surface area contributed by atoms with Gasteiger partial charge < -0.3 is 9.30 Å². The first kappa shape index (κ1) is 16.0. The van der Waals surface area contributed by atoms with Gasteiger partial charge in [-0.15, -0.1) is 0 Å². The summed E-state index contributed by atoms with van der Waals surface area (Å²) in [7, 11) is 3.40. The molecule has 1 aromatic heterocycles. The van der Waals surface area contributed by atoms with E-state index in [1.165, 1.54) is 6.20 Å². The van der Waals surface area contributed by atoms with Crippen LogP contribution in [0.5, 0.6) is 5.75 Å². The second kappa shape index (κ2) is 6.89. The first-order valence-corrected chi connectivity index (χ1v) is 6.72. The van der Waals surface area contributed by atoms with Crippen molar-refractivity contribution in [1.82, 2.24) is 9.55 Å². The molecule has 0 saturated heterocycles. The van der Waals surface area contributed by atoms with E-state index in [0.29, 0.717) is 0 Å². The SMILES string of the molecule is CC.COc1ccc(-c2c(C)ncc(=O)n2C)c(C)c1. The van der Waals surface area contributed by atoms with Gasteiger partial charge in [0.15, 0.2) is 0 Å². The van der Waals surface area contributed by atoms with Crippen LogP contribution in [0.25, 0.3) is 11.3 Å². The van der Waals surface area contributed by atoms with Crippen LogP contribution < -0.4 is 10.3 Å². The average Bonchev–Trinajstić information content (AvgIpc) is 2.47. The van der Waals surface area contributed by atoms with E-state index in [9.17, 15) is 4.79 Å². The predicted molar refractivity (Wildman–Crippen MR) is 82.3 cm³/mol. The molecular formula is C16H22N2O2. The number of aryl methyl sites for hydroxylation is 2. The minimum Gasteiger partial charge on any atom is -0.497 e. The Hall–Kier alpha value is -2.10. The highest BCUT2D eigenvalue weighted by atomic mass is 16.5. The lowest BCUT2D eigenvalue weighted by Gasteiger charge is -2.13. The van der Waals surface area contributed by atoms with Crippen molar-refractivity contribution >= 4 is 0 Å². The summed E-state index contributed by atoms with van der Waals surface area (Å²) >= 11 is 0. The fraction of sp³-hybridized carbons (Fsp3) is 0.375. The van der Waals surface area contributed by atoms with E-state index in [-0.39, 0.29) is 5.56 Å². The van der Waals surface area contributed by atoms with Crippen LogP contribution in [-0.2, 0) is 7.05 Å². The van der Waals surface area contributed by atoms with Crippen LogP contribution in [0.3, 0.4) is 0 Å². The Morgan fingerprint density at radius 1 is 1.20 bits per heavy atom. The minimum atomic E-state index is -0.106. The largest absolute Gasteiger partial charge is 0.497 e. The number of ether oxygens (including phenoxy) is 1. The standard InChI is InChI=1S/C14H16N2O2.C2H6/c1-9-7-11(18-4)5-6-12(9)14-10(2)15-8-13(17)16(14)3;1-2/h5-8H,1-4H3;1-2H3.